The molecule has 0 spiro atoms. The number of amides is 1. The second-order valence-electron chi connectivity index (χ2n) is 6.44. The minimum Gasteiger partial charge on any atom is -0.378 e. The van der Waals surface area contributed by atoms with Crippen LogP contribution < -0.4 is 11.1 Å². The second kappa shape index (κ2) is 5.80. The van der Waals surface area contributed by atoms with Crippen LogP contribution in [0, 0.1) is 17.8 Å². The summed E-state index contributed by atoms with van der Waals surface area (Å²) in [4.78, 5) is 12.5. The maximum Gasteiger partial charge on any atom is 0.223 e. The van der Waals surface area contributed by atoms with E-state index in [9.17, 15) is 4.79 Å². The van der Waals surface area contributed by atoms with E-state index in [-0.39, 0.29) is 11.8 Å². The van der Waals surface area contributed by atoms with E-state index in [1.54, 1.807) is 0 Å². The van der Waals surface area contributed by atoms with Gasteiger partial charge in [-0.05, 0) is 51.0 Å². The lowest BCUT2D eigenvalue weighted by Crippen LogP contribution is -2.48. The van der Waals surface area contributed by atoms with Gasteiger partial charge in [-0.2, -0.15) is 0 Å². The predicted molar refractivity (Wildman–Crippen MR) is 73.5 cm³/mol. The van der Waals surface area contributed by atoms with Gasteiger partial charge in [0.05, 0.1) is 6.10 Å². The minimum absolute atomic E-state index is 0.160. The molecule has 0 bridgehead atoms. The summed E-state index contributed by atoms with van der Waals surface area (Å²) < 4.78 is 5.77. The fraction of sp³-hybridized carbons (Fsp3) is 0.933. The van der Waals surface area contributed by atoms with Crippen molar-refractivity contribution < 1.29 is 9.53 Å². The average Bonchev–Trinajstić information content (AvgIpc) is 3.07. The summed E-state index contributed by atoms with van der Waals surface area (Å²) in [5, 5.41) is 3.32. The first kappa shape index (κ1) is 13.4. The van der Waals surface area contributed by atoms with Crippen molar-refractivity contribution >= 4 is 5.91 Å². The number of fused-ring (bicyclic) bond motifs is 1. The van der Waals surface area contributed by atoms with Gasteiger partial charge in [0.25, 0.3) is 0 Å². The van der Waals surface area contributed by atoms with Crippen molar-refractivity contribution in [1.29, 1.82) is 0 Å². The minimum atomic E-state index is 0.160. The Balaban J connectivity index is 1.59. The van der Waals surface area contributed by atoms with Gasteiger partial charge in [0.15, 0.2) is 0 Å². The van der Waals surface area contributed by atoms with Crippen LogP contribution in [-0.4, -0.2) is 31.2 Å². The molecule has 19 heavy (non-hydrogen) atoms. The zero-order valence-corrected chi connectivity index (χ0v) is 11.6. The molecule has 0 aromatic heterocycles. The van der Waals surface area contributed by atoms with Gasteiger partial charge in [-0.25, -0.2) is 0 Å². The third kappa shape index (κ3) is 2.65. The molecule has 1 aliphatic heterocycles. The van der Waals surface area contributed by atoms with Crippen molar-refractivity contribution in [1.82, 2.24) is 5.32 Å². The zero-order chi connectivity index (χ0) is 13.2. The highest BCUT2D eigenvalue weighted by atomic mass is 16.5. The van der Waals surface area contributed by atoms with Crippen molar-refractivity contribution in [3.05, 3.63) is 0 Å². The summed E-state index contributed by atoms with van der Waals surface area (Å²) >= 11 is 0. The van der Waals surface area contributed by atoms with Gasteiger partial charge in [0.2, 0.25) is 5.91 Å². The third-order valence-electron chi connectivity index (χ3n) is 5.41. The highest BCUT2D eigenvalue weighted by Crippen LogP contribution is 2.36. The Morgan fingerprint density at radius 3 is 2.84 bits per heavy atom. The molecule has 0 aromatic rings. The van der Waals surface area contributed by atoms with E-state index in [4.69, 9.17) is 10.5 Å². The molecule has 1 saturated heterocycles. The van der Waals surface area contributed by atoms with Gasteiger partial charge in [0, 0.05) is 24.5 Å². The molecule has 2 aliphatic carbocycles. The second-order valence-corrected chi connectivity index (χ2v) is 6.44. The molecule has 3 rings (SSSR count). The van der Waals surface area contributed by atoms with Crippen LogP contribution in [0.4, 0.5) is 0 Å². The van der Waals surface area contributed by atoms with E-state index < -0.39 is 0 Å². The summed E-state index contributed by atoms with van der Waals surface area (Å²) in [6.45, 7) is 1.52. The molecule has 3 unspecified atom stereocenters. The third-order valence-corrected chi connectivity index (χ3v) is 5.41. The largest absolute Gasteiger partial charge is 0.378 e. The van der Waals surface area contributed by atoms with Crippen LogP contribution in [0.5, 0.6) is 0 Å². The van der Waals surface area contributed by atoms with Crippen molar-refractivity contribution in [2.24, 2.45) is 23.5 Å². The molecule has 108 valence electrons. The Kier molecular flexibility index (Phi) is 4.08. The summed E-state index contributed by atoms with van der Waals surface area (Å²) in [6, 6.07) is 0.341. The lowest BCUT2D eigenvalue weighted by atomic mass is 9.81. The molecule has 1 heterocycles. The van der Waals surface area contributed by atoms with Gasteiger partial charge in [0.1, 0.15) is 0 Å². The van der Waals surface area contributed by atoms with E-state index >= 15 is 0 Å². The average molecular weight is 266 g/mol. The Hall–Kier alpha value is -0.610. The first-order valence-electron chi connectivity index (χ1n) is 7.91. The fourth-order valence-corrected chi connectivity index (χ4v) is 4.31. The Bertz CT molecular complexity index is 334. The molecule has 2 saturated carbocycles. The maximum atomic E-state index is 12.5. The van der Waals surface area contributed by atoms with Crippen LogP contribution in [0.3, 0.4) is 0 Å². The summed E-state index contributed by atoms with van der Waals surface area (Å²) in [7, 11) is 0. The van der Waals surface area contributed by atoms with Crippen LogP contribution >= 0.6 is 0 Å². The predicted octanol–water partition coefficient (Wildman–Crippen LogP) is 1.44. The van der Waals surface area contributed by atoms with E-state index in [0.717, 1.165) is 38.7 Å². The van der Waals surface area contributed by atoms with E-state index in [2.05, 4.69) is 5.32 Å². The summed E-state index contributed by atoms with van der Waals surface area (Å²) in [5.41, 5.74) is 5.78. The molecule has 1 amide bonds. The number of rotatable bonds is 3. The maximum absolute atomic E-state index is 12.5. The van der Waals surface area contributed by atoms with Crippen LogP contribution in [0.2, 0.25) is 0 Å². The van der Waals surface area contributed by atoms with Crippen LogP contribution in [0.1, 0.15) is 44.9 Å². The number of nitrogens with one attached hydrogen (secondary N) is 1. The van der Waals surface area contributed by atoms with Gasteiger partial charge in [-0.15, -0.1) is 0 Å². The van der Waals surface area contributed by atoms with Crippen molar-refractivity contribution in [2.75, 3.05) is 13.2 Å². The van der Waals surface area contributed by atoms with Gasteiger partial charge < -0.3 is 15.8 Å². The standard InChI is InChI=1S/C15H26N2O2/c16-9-10-3-1-4-11(10)15(18)17-13-5-2-6-14-12(13)7-8-19-14/h10-14H,1-9,16H2,(H,17,18)/t10-,11-,12?,13?,14?/m1/s1. The molecule has 0 aromatic carbocycles. The Morgan fingerprint density at radius 1 is 1.16 bits per heavy atom. The topological polar surface area (TPSA) is 64.4 Å². The van der Waals surface area contributed by atoms with Crippen molar-refractivity contribution in [3.63, 3.8) is 0 Å². The number of carbonyl (C=O) groups is 1. The first-order valence-corrected chi connectivity index (χ1v) is 7.91. The van der Waals surface area contributed by atoms with E-state index in [0.29, 0.717) is 30.5 Å². The van der Waals surface area contributed by atoms with E-state index in [1.807, 2.05) is 0 Å². The highest BCUT2D eigenvalue weighted by molar-refractivity contribution is 5.79. The zero-order valence-electron chi connectivity index (χ0n) is 11.6. The molecular weight excluding hydrogens is 240 g/mol. The quantitative estimate of drug-likeness (QED) is 0.812. The van der Waals surface area contributed by atoms with Gasteiger partial charge in [-0.3, -0.25) is 4.79 Å². The van der Waals surface area contributed by atoms with Crippen molar-refractivity contribution in [2.45, 2.75) is 57.1 Å². The molecule has 3 aliphatic rings. The SMILES string of the molecule is NC[C@H]1CCC[C@H]1C(=O)NC1CCCC2OCCC12. The molecular formula is C15H26N2O2. The molecule has 3 fully saturated rings. The number of hydrogen-bond donors (Lipinski definition) is 2. The molecule has 4 heteroatoms. The van der Waals surface area contributed by atoms with Gasteiger partial charge in [-0.1, -0.05) is 6.42 Å². The highest BCUT2D eigenvalue weighted by Gasteiger charge is 2.40. The Morgan fingerprint density at radius 2 is 2.00 bits per heavy atom. The lowest BCUT2D eigenvalue weighted by molar-refractivity contribution is -0.127. The molecule has 5 atom stereocenters. The van der Waals surface area contributed by atoms with E-state index in [1.165, 1.54) is 12.8 Å². The van der Waals surface area contributed by atoms with Crippen LogP contribution in [0.15, 0.2) is 0 Å². The molecule has 3 N–H and O–H groups in total. The number of carbonyl (C=O) groups excluding carboxylic acids is 1. The van der Waals surface area contributed by atoms with Gasteiger partial charge >= 0.3 is 0 Å². The number of nitrogens with two attached hydrogens (primary N) is 1. The molecule has 4 nitrogen and oxygen atoms in total. The lowest BCUT2D eigenvalue weighted by Gasteiger charge is -2.34. The number of hydrogen-bond acceptors (Lipinski definition) is 3. The molecule has 0 radical (unpaired) electrons. The fourth-order valence-electron chi connectivity index (χ4n) is 4.31. The van der Waals surface area contributed by atoms with Crippen LogP contribution in [0.25, 0.3) is 0 Å². The van der Waals surface area contributed by atoms with Crippen LogP contribution in [-0.2, 0) is 9.53 Å². The smallest absolute Gasteiger partial charge is 0.223 e. The van der Waals surface area contributed by atoms with Crippen molar-refractivity contribution in [3.8, 4) is 0 Å². The summed E-state index contributed by atoms with van der Waals surface area (Å²) in [5.74, 6) is 1.37. The number of ether oxygens (including phenoxy) is 1. The monoisotopic (exact) mass is 266 g/mol. The normalized spacial score (nSPS) is 42.1. The Labute approximate surface area is 115 Å². The summed E-state index contributed by atoms with van der Waals surface area (Å²) in [6.07, 6.45) is 8.27. The first-order chi connectivity index (χ1) is 9.29.